The number of fused-ring (bicyclic) bond motifs is 1. The maximum Gasteiger partial charge on any atom is 0.255 e. The van der Waals surface area contributed by atoms with E-state index in [9.17, 15) is 4.79 Å². The quantitative estimate of drug-likeness (QED) is 0.333. The largest absolute Gasteiger partial charge is 0.493 e. The van der Waals surface area contributed by atoms with Crippen molar-refractivity contribution in [3.05, 3.63) is 99.2 Å². The Morgan fingerprint density at radius 1 is 0.974 bits per heavy atom. The number of hydrogen-bond acceptors (Lipinski definition) is 7. The van der Waals surface area contributed by atoms with E-state index in [4.69, 9.17) is 9.47 Å². The lowest BCUT2D eigenvalue weighted by atomic mass is 9.94. The van der Waals surface area contributed by atoms with E-state index in [2.05, 4.69) is 59.1 Å². The van der Waals surface area contributed by atoms with E-state index in [1.807, 2.05) is 56.3 Å². The van der Waals surface area contributed by atoms with Crippen LogP contribution in [0.1, 0.15) is 46.3 Å². The molecule has 1 amide bonds. The van der Waals surface area contributed by atoms with E-state index >= 15 is 0 Å². The van der Waals surface area contributed by atoms with Gasteiger partial charge in [0.15, 0.2) is 11.5 Å². The van der Waals surface area contributed by atoms with Gasteiger partial charge in [0.05, 0.1) is 12.7 Å². The Hall–Kier alpha value is -4.66. The lowest BCUT2D eigenvalue weighted by Crippen LogP contribution is -2.31. The van der Waals surface area contributed by atoms with Crippen LogP contribution in [0.3, 0.4) is 0 Å². The van der Waals surface area contributed by atoms with Gasteiger partial charge in [-0.05, 0) is 103 Å². The van der Waals surface area contributed by atoms with Gasteiger partial charge in [0.1, 0.15) is 12.6 Å². The van der Waals surface area contributed by atoms with Gasteiger partial charge in [-0.25, -0.2) is 0 Å². The number of benzene rings is 3. The summed E-state index contributed by atoms with van der Waals surface area (Å²) in [7, 11) is 1.60. The number of anilines is 2. The summed E-state index contributed by atoms with van der Waals surface area (Å²) in [6.07, 6.45) is 0. The molecule has 3 aromatic carbocycles. The minimum atomic E-state index is -0.578. The lowest BCUT2D eigenvalue weighted by molar-refractivity contribution is -0.113. The predicted molar refractivity (Wildman–Crippen MR) is 150 cm³/mol. The van der Waals surface area contributed by atoms with Crippen molar-refractivity contribution in [3.8, 4) is 11.5 Å². The molecule has 9 nitrogen and oxygen atoms in total. The summed E-state index contributed by atoms with van der Waals surface area (Å²) < 4.78 is 13.5. The highest BCUT2D eigenvalue weighted by Crippen LogP contribution is 2.39. The monoisotopic (exact) mass is 524 g/mol. The average Bonchev–Trinajstić information content (AvgIpc) is 3.37. The predicted octanol–water partition coefficient (Wildman–Crippen LogP) is 5.42. The maximum absolute atomic E-state index is 13.6. The molecule has 1 aliphatic heterocycles. The fraction of sp³-hybridized carbons (Fsp3) is 0.267. The normalized spacial score (nSPS) is 14.5. The van der Waals surface area contributed by atoms with Gasteiger partial charge in [-0.2, -0.15) is 4.68 Å². The van der Waals surface area contributed by atoms with Gasteiger partial charge in [0.25, 0.3) is 5.91 Å². The number of rotatable bonds is 7. The second kappa shape index (κ2) is 10.6. The minimum Gasteiger partial charge on any atom is -0.493 e. The molecule has 0 fully saturated rings. The first-order valence-electron chi connectivity index (χ1n) is 12.8. The van der Waals surface area contributed by atoms with Crippen LogP contribution in [0, 0.1) is 27.7 Å². The van der Waals surface area contributed by atoms with Gasteiger partial charge in [-0.3, -0.25) is 4.79 Å². The summed E-state index contributed by atoms with van der Waals surface area (Å²) in [5, 5.41) is 18.3. The number of allylic oxidation sites excluding steroid dienone is 1. The number of amides is 1. The molecule has 9 heteroatoms. The zero-order valence-electron chi connectivity index (χ0n) is 23.0. The van der Waals surface area contributed by atoms with E-state index in [1.54, 1.807) is 11.8 Å². The first-order valence-corrected chi connectivity index (χ1v) is 12.8. The standard InChI is InChI=1S/C30H32N6O3/c1-17-8-7-9-24(12-17)32-29(37)27-21(5)31-30-33-34-35-36(30)28(27)22-10-11-25(26(15-22)38-6)39-16-23-14-19(3)18(2)13-20(23)4/h7-15,28H,16H2,1-6H3,(H,32,37)(H,31,33,35). The van der Waals surface area contributed by atoms with E-state index in [-0.39, 0.29) is 5.91 Å². The Kier molecular flexibility index (Phi) is 7.06. The number of tetrazole rings is 1. The van der Waals surface area contributed by atoms with Gasteiger partial charge in [0.2, 0.25) is 5.95 Å². The van der Waals surface area contributed by atoms with Gasteiger partial charge < -0.3 is 20.1 Å². The third-order valence-corrected chi connectivity index (χ3v) is 7.07. The highest BCUT2D eigenvalue weighted by atomic mass is 16.5. The van der Waals surface area contributed by atoms with Gasteiger partial charge in [-0.1, -0.05) is 35.4 Å². The Labute approximate surface area is 227 Å². The van der Waals surface area contributed by atoms with Crippen molar-refractivity contribution in [1.29, 1.82) is 0 Å². The summed E-state index contributed by atoms with van der Waals surface area (Å²) >= 11 is 0. The van der Waals surface area contributed by atoms with Crippen LogP contribution in [-0.2, 0) is 11.4 Å². The molecule has 1 atom stereocenters. The van der Waals surface area contributed by atoms with Crippen LogP contribution in [0.5, 0.6) is 11.5 Å². The third kappa shape index (κ3) is 5.20. The number of carbonyl (C=O) groups excluding carboxylic acids is 1. The fourth-order valence-electron chi connectivity index (χ4n) is 4.84. The Morgan fingerprint density at radius 3 is 2.54 bits per heavy atom. The Morgan fingerprint density at radius 2 is 1.77 bits per heavy atom. The lowest BCUT2D eigenvalue weighted by Gasteiger charge is -2.28. The third-order valence-electron chi connectivity index (χ3n) is 7.07. The molecule has 5 rings (SSSR count). The SMILES string of the molecule is COc1cc(C2C(C(=O)Nc3cccc(C)c3)=C(C)Nc3nnnn32)ccc1OCc1cc(C)c(C)cc1C. The molecule has 200 valence electrons. The van der Waals surface area contributed by atoms with Crippen LogP contribution in [0.4, 0.5) is 11.6 Å². The van der Waals surface area contributed by atoms with Crippen molar-refractivity contribution in [2.45, 2.75) is 47.3 Å². The summed E-state index contributed by atoms with van der Waals surface area (Å²) in [4.78, 5) is 13.6. The molecule has 39 heavy (non-hydrogen) atoms. The van der Waals surface area contributed by atoms with Crippen molar-refractivity contribution >= 4 is 17.5 Å². The molecule has 2 heterocycles. The molecular weight excluding hydrogens is 492 g/mol. The number of ether oxygens (including phenoxy) is 2. The van der Waals surface area contributed by atoms with E-state index < -0.39 is 6.04 Å². The minimum absolute atomic E-state index is 0.249. The molecule has 4 aromatic rings. The van der Waals surface area contributed by atoms with Crippen molar-refractivity contribution in [2.75, 3.05) is 17.7 Å². The van der Waals surface area contributed by atoms with Crippen molar-refractivity contribution in [2.24, 2.45) is 0 Å². The smallest absolute Gasteiger partial charge is 0.255 e. The van der Waals surface area contributed by atoms with Crippen molar-refractivity contribution in [3.63, 3.8) is 0 Å². The van der Waals surface area contributed by atoms with Crippen molar-refractivity contribution in [1.82, 2.24) is 20.2 Å². The first kappa shape index (κ1) is 26.0. The van der Waals surface area contributed by atoms with Crippen molar-refractivity contribution < 1.29 is 14.3 Å². The maximum atomic E-state index is 13.6. The van der Waals surface area contributed by atoms with Gasteiger partial charge in [0, 0.05) is 11.4 Å². The second-order valence-electron chi connectivity index (χ2n) is 9.90. The first-order chi connectivity index (χ1) is 18.7. The summed E-state index contributed by atoms with van der Waals surface area (Å²) in [6.45, 7) is 10.5. The number of nitrogens with zero attached hydrogens (tertiary/aromatic N) is 4. The zero-order chi connectivity index (χ0) is 27.7. The fourth-order valence-corrected chi connectivity index (χ4v) is 4.84. The Bertz CT molecular complexity index is 1590. The molecule has 1 unspecified atom stereocenters. The molecule has 0 aliphatic carbocycles. The van der Waals surface area contributed by atoms with Crippen LogP contribution >= 0.6 is 0 Å². The zero-order valence-corrected chi connectivity index (χ0v) is 23.0. The number of methoxy groups -OCH3 is 1. The molecule has 0 spiro atoms. The number of nitrogens with one attached hydrogen (secondary N) is 2. The molecule has 0 saturated heterocycles. The molecule has 0 bridgehead atoms. The molecule has 1 aliphatic rings. The highest BCUT2D eigenvalue weighted by Gasteiger charge is 2.34. The number of carbonyl (C=O) groups is 1. The summed E-state index contributed by atoms with van der Waals surface area (Å²) in [5.41, 5.74) is 8.49. The average molecular weight is 525 g/mol. The van der Waals surface area contributed by atoms with Crippen LogP contribution < -0.4 is 20.1 Å². The number of aromatic nitrogens is 4. The molecular formula is C30H32N6O3. The van der Waals surface area contributed by atoms with Crippen LogP contribution in [0.25, 0.3) is 0 Å². The van der Waals surface area contributed by atoms with Gasteiger partial charge in [-0.15, -0.1) is 0 Å². The Balaban J connectivity index is 1.47. The van der Waals surface area contributed by atoms with Crippen LogP contribution in [-0.4, -0.2) is 33.2 Å². The molecule has 0 radical (unpaired) electrons. The molecule has 2 N–H and O–H groups in total. The highest BCUT2D eigenvalue weighted by molar-refractivity contribution is 6.06. The van der Waals surface area contributed by atoms with Crippen LogP contribution in [0.15, 0.2) is 65.9 Å². The molecule has 0 saturated carbocycles. The van der Waals surface area contributed by atoms with E-state index in [0.29, 0.717) is 41.0 Å². The number of aryl methyl sites for hydroxylation is 4. The van der Waals surface area contributed by atoms with Crippen LogP contribution in [0.2, 0.25) is 0 Å². The molecule has 1 aromatic heterocycles. The topological polar surface area (TPSA) is 103 Å². The number of hydrogen-bond donors (Lipinski definition) is 2. The summed E-state index contributed by atoms with van der Waals surface area (Å²) in [5.74, 6) is 1.37. The summed E-state index contributed by atoms with van der Waals surface area (Å²) in [6, 6.07) is 17.1. The van der Waals surface area contributed by atoms with E-state index in [1.165, 1.54) is 16.7 Å². The van der Waals surface area contributed by atoms with Gasteiger partial charge >= 0.3 is 0 Å². The second-order valence-corrected chi connectivity index (χ2v) is 9.90. The van der Waals surface area contributed by atoms with E-state index in [0.717, 1.165) is 16.7 Å².